The van der Waals surface area contributed by atoms with E-state index in [2.05, 4.69) is 23.7 Å². The lowest BCUT2D eigenvalue weighted by atomic mass is 10.2. The molecule has 0 aliphatic rings. The zero-order valence-electron chi connectivity index (χ0n) is 7.33. The molecule has 1 nitrogen and oxygen atoms in total. The zero-order chi connectivity index (χ0) is 8.81. The van der Waals surface area contributed by atoms with Crippen LogP contribution in [0.2, 0.25) is 0 Å². The molecule has 0 amide bonds. The molecule has 0 unspecified atom stereocenters. The molecule has 12 heavy (non-hydrogen) atoms. The molecule has 0 atom stereocenters. The molecule has 0 radical (unpaired) electrons. The first-order chi connectivity index (χ1) is 5.88. The van der Waals surface area contributed by atoms with Crippen LogP contribution in [0.1, 0.15) is 13.3 Å². The van der Waals surface area contributed by atoms with Crippen molar-refractivity contribution in [2.45, 2.75) is 13.3 Å². The first kappa shape index (κ1) is 8.72. The second kappa shape index (κ2) is 4.50. The molecule has 1 rings (SSSR count). The molecule has 1 aromatic heterocycles. The Balaban J connectivity index is 3.23. The molecule has 0 spiro atoms. The Bertz CT molecular complexity index is 363. The molecular formula is C11H13N. The number of aromatic nitrogens is 1. The zero-order valence-corrected chi connectivity index (χ0v) is 7.33. The van der Waals surface area contributed by atoms with Crippen LogP contribution in [0.15, 0.2) is 31.1 Å². The Morgan fingerprint density at radius 1 is 1.50 bits per heavy atom. The average molecular weight is 159 g/mol. The lowest BCUT2D eigenvalue weighted by molar-refractivity contribution is 1.26. The summed E-state index contributed by atoms with van der Waals surface area (Å²) in [5.74, 6) is 0. The molecule has 1 heteroatoms. The van der Waals surface area contributed by atoms with Gasteiger partial charge in [0.2, 0.25) is 0 Å². The fourth-order valence-corrected chi connectivity index (χ4v) is 1.05. The highest BCUT2D eigenvalue weighted by Gasteiger charge is 1.80. The van der Waals surface area contributed by atoms with Crippen LogP contribution < -0.4 is 10.4 Å². The van der Waals surface area contributed by atoms with E-state index in [0.717, 1.165) is 6.42 Å². The first-order valence-corrected chi connectivity index (χ1v) is 4.06. The summed E-state index contributed by atoms with van der Waals surface area (Å²) in [5.41, 5.74) is 0. The number of rotatable bonds is 2. The van der Waals surface area contributed by atoms with Gasteiger partial charge in [0, 0.05) is 12.4 Å². The van der Waals surface area contributed by atoms with Gasteiger partial charge in [-0.1, -0.05) is 18.2 Å². The van der Waals surface area contributed by atoms with Gasteiger partial charge < -0.3 is 0 Å². The third-order valence-corrected chi connectivity index (χ3v) is 1.70. The van der Waals surface area contributed by atoms with Crippen molar-refractivity contribution >= 4 is 12.2 Å². The maximum atomic E-state index is 4.05. The topological polar surface area (TPSA) is 12.9 Å². The molecule has 0 aliphatic heterocycles. The van der Waals surface area contributed by atoms with Crippen LogP contribution >= 0.6 is 0 Å². The van der Waals surface area contributed by atoms with Gasteiger partial charge in [-0.2, -0.15) is 0 Å². The van der Waals surface area contributed by atoms with E-state index in [1.54, 1.807) is 0 Å². The number of hydrogen-bond acceptors (Lipinski definition) is 1. The number of hydrogen-bond donors (Lipinski definition) is 0. The summed E-state index contributed by atoms with van der Waals surface area (Å²) in [6, 6.07) is 2.01. The minimum Gasteiger partial charge on any atom is -0.264 e. The van der Waals surface area contributed by atoms with Crippen LogP contribution in [-0.4, -0.2) is 4.98 Å². The van der Waals surface area contributed by atoms with E-state index in [-0.39, 0.29) is 0 Å². The molecule has 0 aliphatic carbocycles. The van der Waals surface area contributed by atoms with E-state index in [1.807, 2.05) is 31.5 Å². The van der Waals surface area contributed by atoms with Crippen molar-refractivity contribution in [2.75, 3.05) is 0 Å². The van der Waals surface area contributed by atoms with Crippen molar-refractivity contribution in [3.8, 4) is 0 Å². The van der Waals surface area contributed by atoms with E-state index < -0.39 is 0 Å². The molecule has 62 valence electrons. The summed E-state index contributed by atoms with van der Waals surface area (Å²) in [6.07, 6.45) is 10.7. The van der Waals surface area contributed by atoms with E-state index >= 15 is 0 Å². The van der Waals surface area contributed by atoms with Crippen LogP contribution in [0.25, 0.3) is 12.2 Å². The summed E-state index contributed by atoms with van der Waals surface area (Å²) in [7, 11) is 0. The van der Waals surface area contributed by atoms with Gasteiger partial charge >= 0.3 is 0 Å². The monoisotopic (exact) mass is 159 g/mol. The largest absolute Gasteiger partial charge is 0.264 e. The minimum atomic E-state index is 0.908. The normalized spacial score (nSPS) is 13.4. The third kappa shape index (κ3) is 2.06. The molecule has 0 aromatic carbocycles. The molecule has 0 bridgehead atoms. The number of pyridine rings is 1. The fourth-order valence-electron chi connectivity index (χ4n) is 1.05. The minimum absolute atomic E-state index is 0.908. The molecule has 0 N–H and O–H groups in total. The van der Waals surface area contributed by atoms with Gasteiger partial charge in [-0.05, 0) is 29.8 Å². The summed E-state index contributed by atoms with van der Waals surface area (Å²) >= 11 is 0. The lowest BCUT2D eigenvalue weighted by Crippen LogP contribution is -2.23. The maximum absolute atomic E-state index is 4.05. The standard InChI is InChI=1S/C11H13N/c1-3-5-6-11-7-8-12-9-10(11)4-2/h3-4,6-9H,1,5H2,2H3/b10-4-,11-6-. The summed E-state index contributed by atoms with van der Waals surface area (Å²) in [6.45, 7) is 5.69. The third-order valence-electron chi connectivity index (χ3n) is 1.70. The molecule has 0 fully saturated rings. The summed E-state index contributed by atoms with van der Waals surface area (Å²) in [5, 5.41) is 2.41. The summed E-state index contributed by atoms with van der Waals surface area (Å²) in [4.78, 5) is 4.05. The molecule has 0 saturated carbocycles. The highest BCUT2D eigenvalue weighted by atomic mass is 14.6. The van der Waals surface area contributed by atoms with E-state index in [1.165, 1.54) is 10.4 Å². The van der Waals surface area contributed by atoms with Crippen molar-refractivity contribution < 1.29 is 0 Å². The van der Waals surface area contributed by atoms with E-state index in [4.69, 9.17) is 0 Å². The van der Waals surface area contributed by atoms with Crippen molar-refractivity contribution in [2.24, 2.45) is 0 Å². The van der Waals surface area contributed by atoms with Crippen LogP contribution in [-0.2, 0) is 0 Å². The lowest BCUT2D eigenvalue weighted by Gasteiger charge is -1.87. The fraction of sp³-hybridized carbons (Fsp3) is 0.182. The van der Waals surface area contributed by atoms with Crippen LogP contribution in [0.3, 0.4) is 0 Å². The van der Waals surface area contributed by atoms with Crippen molar-refractivity contribution in [3.63, 3.8) is 0 Å². The number of nitrogens with zero attached hydrogens (tertiary/aromatic N) is 1. The van der Waals surface area contributed by atoms with Crippen molar-refractivity contribution in [1.29, 1.82) is 0 Å². The Kier molecular flexibility index (Phi) is 3.27. The second-order valence-corrected chi connectivity index (χ2v) is 2.52. The Labute approximate surface area is 72.8 Å². The molecule has 1 aromatic rings. The van der Waals surface area contributed by atoms with Gasteiger partial charge in [-0.15, -0.1) is 6.58 Å². The summed E-state index contributed by atoms with van der Waals surface area (Å²) < 4.78 is 0. The predicted molar refractivity (Wildman–Crippen MR) is 52.9 cm³/mol. The highest BCUT2D eigenvalue weighted by molar-refractivity contribution is 5.29. The van der Waals surface area contributed by atoms with E-state index in [9.17, 15) is 0 Å². The van der Waals surface area contributed by atoms with Gasteiger partial charge in [-0.25, -0.2) is 0 Å². The van der Waals surface area contributed by atoms with Gasteiger partial charge in [-0.3, -0.25) is 4.98 Å². The first-order valence-electron chi connectivity index (χ1n) is 4.06. The highest BCUT2D eigenvalue weighted by Crippen LogP contribution is 1.78. The second-order valence-electron chi connectivity index (χ2n) is 2.52. The maximum Gasteiger partial charge on any atom is 0.0342 e. The Morgan fingerprint density at radius 3 is 3.00 bits per heavy atom. The van der Waals surface area contributed by atoms with Crippen molar-refractivity contribution in [3.05, 3.63) is 41.6 Å². The van der Waals surface area contributed by atoms with Crippen LogP contribution in [0.4, 0.5) is 0 Å². The molecular weight excluding hydrogens is 146 g/mol. The van der Waals surface area contributed by atoms with Gasteiger partial charge in [0.1, 0.15) is 0 Å². The van der Waals surface area contributed by atoms with Gasteiger partial charge in [0.25, 0.3) is 0 Å². The Hall–Kier alpha value is -1.37. The average Bonchev–Trinajstić information content (AvgIpc) is 2.15. The SMILES string of the molecule is C=CC/C=c1/ccnc/c1=C/C. The smallest absolute Gasteiger partial charge is 0.0342 e. The predicted octanol–water partition coefficient (Wildman–Crippen LogP) is 1.24. The van der Waals surface area contributed by atoms with Gasteiger partial charge in [0.05, 0.1) is 0 Å². The molecule has 0 saturated heterocycles. The quantitative estimate of drug-likeness (QED) is 0.592. The Morgan fingerprint density at radius 2 is 2.33 bits per heavy atom. The molecule has 1 heterocycles. The van der Waals surface area contributed by atoms with Crippen LogP contribution in [0.5, 0.6) is 0 Å². The van der Waals surface area contributed by atoms with Crippen LogP contribution in [0, 0.1) is 0 Å². The van der Waals surface area contributed by atoms with E-state index in [0.29, 0.717) is 0 Å². The number of allylic oxidation sites excluding steroid dienone is 1. The van der Waals surface area contributed by atoms with Gasteiger partial charge in [0.15, 0.2) is 0 Å². The van der Waals surface area contributed by atoms with Crippen molar-refractivity contribution in [1.82, 2.24) is 4.98 Å².